The van der Waals surface area contributed by atoms with E-state index in [-0.39, 0.29) is 34.1 Å². The van der Waals surface area contributed by atoms with Crippen LogP contribution in [0.2, 0.25) is 0 Å². The highest BCUT2D eigenvalue weighted by molar-refractivity contribution is 7.22. The normalized spacial score (nSPS) is 26.9. The summed E-state index contributed by atoms with van der Waals surface area (Å²) in [5.41, 5.74) is 12.5. The van der Waals surface area contributed by atoms with Crippen LogP contribution < -0.4 is 21.3 Å². The number of nitrogens with one attached hydrogen (secondary N) is 2. The zero-order valence-corrected chi connectivity index (χ0v) is 36.4. The number of benzene rings is 1. The molecule has 0 saturated heterocycles. The maximum Gasteiger partial charge on any atom is 0.196 e. The number of fused-ring (bicyclic) bond motifs is 2. The second-order valence-corrected chi connectivity index (χ2v) is 19.9. The molecule has 4 saturated carbocycles. The van der Waals surface area contributed by atoms with Gasteiger partial charge >= 0.3 is 0 Å². The molecule has 1 aromatic carbocycles. The number of aryl methyl sites for hydroxylation is 1. The second kappa shape index (κ2) is 16.6. The van der Waals surface area contributed by atoms with Gasteiger partial charge < -0.3 is 46.4 Å². The number of aliphatic imine (C=N–C) groups is 1. The summed E-state index contributed by atoms with van der Waals surface area (Å²) < 4.78 is 7.92. The first-order valence-corrected chi connectivity index (χ1v) is 22.2. The summed E-state index contributed by atoms with van der Waals surface area (Å²) in [7, 11) is 0. The third-order valence-corrected chi connectivity index (χ3v) is 14.2. The Hall–Kier alpha value is -4.09. The van der Waals surface area contributed by atoms with Crippen molar-refractivity contribution in [3.63, 3.8) is 0 Å². The van der Waals surface area contributed by atoms with Gasteiger partial charge in [0.2, 0.25) is 0 Å². The van der Waals surface area contributed by atoms with E-state index in [0.717, 1.165) is 82.7 Å². The van der Waals surface area contributed by atoms with Gasteiger partial charge in [0.1, 0.15) is 11.5 Å². The Labute approximate surface area is 356 Å². The van der Waals surface area contributed by atoms with E-state index in [9.17, 15) is 15.3 Å². The molecule has 322 valence electrons. The van der Waals surface area contributed by atoms with Crippen LogP contribution >= 0.6 is 11.3 Å². The number of pyridine rings is 1. The molecule has 3 aromatic heterocycles. The molecular weight excluding hydrogens is 779 g/mol. The first-order valence-electron chi connectivity index (χ1n) is 21.4. The van der Waals surface area contributed by atoms with Crippen LogP contribution in [0.1, 0.15) is 106 Å². The van der Waals surface area contributed by atoms with Gasteiger partial charge in [-0.1, -0.05) is 31.3 Å². The van der Waals surface area contributed by atoms with Crippen molar-refractivity contribution in [3.05, 3.63) is 64.5 Å². The standard InChI is InChI=1S/C45H61N9O5S/c1-27-8-10-35-34(17-27)49-41(60-35)51-38-28(2)31-7-6-15-54(39(31)53-52-38)36-11-9-32(37(50-36)40(57)58)33(18-46)29(3)48-26-44-21-42(4)20-43(5,22-44)24-45(23-42,25-44)59-16-14-47-13-12-30(56)19-55/h8-11,17-18,30,40,47,55-58H,6-7,12-16,19-26,46H2,1-5H3,(H,49,51,52)/b33-18+,48-29?/t30-,42?,43?,44?,45?/m1/s1. The van der Waals surface area contributed by atoms with E-state index in [1.54, 1.807) is 11.3 Å². The van der Waals surface area contributed by atoms with Gasteiger partial charge in [-0.3, -0.25) is 4.99 Å². The first kappa shape index (κ1) is 42.6. The van der Waals surface area contributed by atoms with Crippen molar-refractivity contribution in [3.8, 4) is 0 Å². The molecule has 5 aliphatic rings. The molecule has 0 radical (unpaired) electrons. The lowest BCUT2D eigenvalue weighted by atomic mass is 9.39. The smallest absolute Gasteiger partial charge is 0.196 e. The van der Waals surface area contributed by atoms with Crippen molar-refractivity contribution < 1.29 is 25.2 Å². The highest BCUT2D eigenvalue weighted by atomic mass is 32.1. The molecule has 0 spiro atoms. The molecule has 9 rings (SSSR count). The topological polar surface area (TPSA) is 207 Å². The molecule has 4 bridgehead atoms. The van der Waals surface area contributed by atoms with Gasteiger partial charge in [0.15, 0.2) is 23.1 Å². The fourth-order valence-corrected chi connectivity index (χ4v) is 12.7. The number of nitrogens with two attached hydrogens (primary N) is 1. The summed E-state index contributed by atoms with van der Waals surface area (Å²) >= 11 is 1.58. The van der Waals surface area contributed by atoms with Crippen LogP contribution in [-0.2, 0) is 11.2 Å². The van der Waals surface area contributed by atoms with Crippen LogP contribution in [0, 0.1) is 30.1 Å². The van der Waals surface area contributed by atoms with E-state index in [2.05, 4.69) is 59.8 Å². The predicted molar refractivity (Wildman–Crippen MR) is 237 cm³/mol. The van der Waals surface area contributed by atoms with Crippen LogP contribution in [0.15, 0.2) is 41.5 Å². The van der Waals surface area contributed by atoms with Gasteiger partial charge in [-0.2, -0.15) is 0 Å². The summed E-state index contributed by atoms with van der Waals surface area (Å²) in [6.45, 7) is 13.8. The number of rotatable bonds is 16. The van der Waals surface area contributed by atoms with Crippen LogP contribution in [0.5, 0.6) is 0 Å². The number of anilines is 4. The summed E-state index contributed by atoms with van der Waals surface area (Å²) in [6.07, 6.45) is 7.53. The van der Waals surface area contributed by atoms with E-state index in [4.69, 9.17) is 30.5 Å². The number of thiazole rings is 1. The molecule has 1 aliphatic heterocycles. The highest BCUT2D eigenvalue weighted by Crippen LogP contribution is 2.71. The lowest BCUT2D eigenvalue weighted by Crippen LogP contribution is -2.64. The molecule has 4 fully saturated rings. The lowest BCUT2D eigenvalue weighted by Gasteiger charge is -2.69. The lowest BCUT2D eigenvalue weighted by molar-refractivity contribution is -0.241. The number of nitrogens with zero attached hydrogens (tertiary/aromatic N) is 6. The number of ether oxygens (including phenoxy) is 1. The Balaban J connectivity index is 0.994. The molecule has 60 heavy (non-hydrogen) atoms. The summed E-state index contributed by atoms with van der Waals surface area (Å²) in [6, 6.07) is 9.98. The molecule has 0 amide bonds. The molecule has 14 nitrogen and oxygen atoms in total. The van der Waals surface area contributed by atoms with Crippen LogP contribution in [0.4, 0.5) is 22.6 Å². The third-order valence-electron chi connectivity index (χ3n) is 13.3. The van der Waals surface area contributed by atoms with E-state index in [1.807, 2.05) is 30.9 Å². The van der Waals surface area contributed by atoms with Crippen molar-refractivity contribution in [2.75, 3.05) is 49.6 Å². The third kappa shape index (κ3) is 8.54. The van der Waals surface area contributed by atoms with Gasteiger partial charge in [0.05, 0.1) is 35.1 Å². The Morgan fingerprint density at radius 1 is 1.02 bits per heavy atom. The van der Waals surface area contributed by atoms with Gasteiger partial charge in [-0.05, 0) is 131 Å². The number of aliphatic hydroxyl groups is 4. The van der Waals surface area contributed by atoms with Gasteiger partial charge in [-0.25, -0.2) is 9.97 Å². The largest absolute Gasteiger partial charge is 0.404 e. The highest BCUT2D eigenvalue weighted by Gasteiger charge is 2.66. The number of hydrogen-bond acceptors (Lipinski definition) is 15. The first-order chi connectivity index (χ1) is 28.6. The fraction of sp³-hybridized carbons (Fsp3) is 0.578. The van der Waals surface area contributed by atoms with E-state index >= 15 is 0 Å². The maximum atomic E-state index is 10.7. The van der Waals surface area contributed by atoms with Crippen LogP contribution in [-0.4, -0.2) is 97.4 Å². The number of aromatic nitrogens is 4. The zero-order valence-electron chi connectivity index (χ0n) is 35.6. The van der Waals surface area contributed by atoms with Crippen molar-refractivity contribution >= 4 is 55.4 Å². The van der Waals surface area contributed by atoms with Gasteiger partial charge in [-0.15, -0.1) is 10.2 Å². The summed E-state index contributed by atoms with van der Waals surface area (Å²) in [5.74, 6) is 1.90. The Morgan fingerprint density at radius 3 is 2.53 bits per heavy atom. The maximum absolute atomic E-state index is 10.7. The quantitative estimate of drug-likeness (QED) is 0.0385. The monoisotopic (exact) mass is 839 g/mol. The fourth-order valence-electron chi connectivity index (χ4n) is 11.9. The van der Waals surface area contributed by atoms with Crippen molar-refractivity contribution in [1.29, 1.82) is 0 Å². The van der Waals surface area contributed by atoms with E-state index in [0.29, 0.717) is 67.8 Å². The Morgan fingerprint density at radius 2 is 1.80 bits per heavy atom. The SMILES string of the molecule is CC(=NCC12CC3(C)CC(C)(C1)CC(OCCNCC[C@@H](O)CO)(C3)C2)/C(=C\N)c1ccc(N2CCCc3c2nnc(Nc2nc4cc(C)ccc4s2)c3C)nc1C(O)O. The minimum Gasteiger partial charge on any atom is -0.404 e. The van der Waals surface area contributed by atoms with Crippen molar-refractivity contribution in [2.24, 2.45) is 27.0 Å². The van der Waals surface area contributed by atoms with Gasteiger partial charge in [0, 0.05) is 53.8 Å². The Kier molecular flexibility index (Phi) is 11.8. The molecule has 2 unspecified atom stereocenters. The molecule has 3 atom stereocenters. The second-order valence-electron chi connectivity index (χ2n) is 18.9. The summed E-state index contributed by atoms with van der Waals surface area (Å²) in [4.78, 5) is 16.8. The van der Waals surface area contributed by atoms with E-state index in [1.165, 1.54) is 12.6 Å². The minimum atomic E-state index is -1.85. The molecule has 4 aromatic rings. The van der Waals surface area contributed by atoms with Crippen molar-refractivity contribution in [1.82, 2.24) is 25.5 Å². The van der Waals surface area contributed by atoms with Crippen molar-refractivity contribution in [2.45, 2.75) is 110 Å². The minimum absolute atomic E-state index is 0.0248. The van der Waals surface area contributed by atoms with Crippen LogP contribution in [0.3, 0.4) is 0 Å². The Bertz CT molecular complexity index is 2280. The predicted octanol–water partition coefficient (Wildman–Crippen LogP) is 6.14. The zero-order chi connectivity index (χ0) is 42.5. The average Bonchev–Trinajstić information content (AvgIpc) is 3.59. The average molecular weight is 840 g/mol. The molecule has 15 heteroatoms. The molecule has 4 aliphatic carbocycles. The van der Waals surface area contributed by atoms with E-state index < -0.39 is 12.4 Å². The summed E-state index contributed by atoms with van der Waals surface area (Å²) in [5, 5.41) is 57.1. The molecule has 8 N–H and O–H groups in total. The molecular formula is C45H61N9O5S. The van der Waals surface area contributed by atoms with Gasteiger partial charge in [0.25, 0.3) is 0 Å². The number of allylic oxidation sites excluding steroid dienone is 1. The number of hydrogen-bond donors (Lipinski definition) is 7. The number of aliphatic hydroxyl groups excluding tert-OH is 3. The van der Waals surface area contributed by atoms with Crippen LogP contribution in [0.25, 0.3) is 15.8 Å². The molecule has 4 heterocycles.